The van der Waals surface area contributed by atoms with Gasteiger partial charge in [-0.2, -0.15) is 0 Å². The summed E-state index contributed by atoms with van der Waals surface area (Å²) in [6.45, 7) is 6.85. The molecule has 1 N–H and O–H groups in total. The van der Waals surface area contributed by atoms with Crippen molar-refractivity contribution in [1.82, 2.24) is 14.8 Å². The van der Waals surface area contributed by atoms with Gasteiger partial charge in [0.2, 0.25) is 0 Å². The first kappa shape index (κ1) is 18.5. The van der Waals surface area contributed by atoms with Crippen molar-refractivity contribution in [3.05, 3.63) is 45.4 Å². The molecule has 0 unspecified atom stereocenters. The van der Waals surface area contributed by atoms with Gasteiger partial charge in [-0.05, 0) is 36.5 Å². The van der Waals surface area contributed by atoms with Crippen LogP contribution in [0, 0.1) is 0 Å². The third kappa shape index (κ3) is 4.38. The average Bonchev–Trinajstić information content (AvgIpc) is 2.96. The number of aryl methyl sites for hydroxylation is 2. The van der Waals surface area contributed by atoms with E-state index in [1.165, 1.54) is 17.3 Å². The van der Waals surface area contributed by atoms with E-state index in [4.69, 9.17) is 0 Å². The minimum Gasteiger partial charge on any atom is -0.293 e. The molecule has 2 rings (SSSR count). The van der Waals surface area contributed by atoms with Crippen LogP contribution in [0.2, 0.25) is 0 Å². The summed E-state index contributed by atoms with van der Waals surface area (Å²) in [6.07, 6.45) is 3.66. The summed E-state index contributed by atoms with van der Waals surface area (Å²) in [6, 6.07) is 6.12. The lowest BCUT2D eigenvalue weighted by Crippen LogP contribution is -2.18. The second kappa shape index (κ2) is 8.87. The average molecular weight is 347 g/mol. The lowest BCUT2D eigenvalue weighted by atomic mass is 9.98. The van der Waals surface area contributed by atoms with E-state index >= 15 is 0 Å². The van der Waals surface area contributed by atoms with Crippen LogP contribution >= 0.6 is 11.8 Å². The maximum Gasteiger partial charge on any atom is 0.343 e. The topological polar surface area (TPSA) is 67.8 Å². The molecule has 1 heterocycles. The van der Waals surface area contributed by atoms with Gasteiger partial charge in [-0.1, -0.05) is 51.1 Å². The number of carbonyl (C=O) groups excluding carboxylic acids is 1. The number of hydrogen-bond donors (Lipinski definition) is 1. The monoisotopic (exact) mass is 347 g/mol. The highest BCUT2D eigenvalue weighted by atomic mass is 32.2. The Labute approximate surface area is 146 Å². The van der Waals surface area contributed by atoms with Crippen molar-refractivity contribution >= 4 is 17.5 Å². The Kier molecular flexibility index (Phi) is 6.85. The number of ketones is 1. The Morgan fingerprint density at radius 2 is 2.04 bits per heavy atom. The Morgan fingerprint density at radius 3 is 2.71 bits per heavy atom. The number of Topliss-reactive ketones (excluding diaryl/α,β-unsaturated/α-hetero) is 1. The van der Waals surface area contributed by atoms with Gasteiger partial charge in [0.1, 0.15) is 0 Å². The summed E-state index contributed by atoms with van der Waals surface area (Å²) in [5.74, 6) is 0.376. The fraction of sp³-hybridized carbons (Fsp3) is 0.500. The third-order valence-corrected chi connectivity index (χ3v) is 5.03. The van der Waals surface area contributed by atoms with Gasteiger partial charge < -0.3 is 0 Å². The molecule has 0 bridgehead atoms. The lowest BCUT2D eigenvalue weighted by Gasteiger charge is -2.09. The quantitative estimate of drug-likeness (QED) is 0.557. The highest BCUT2D eigenvalue weighted by Gasteiger charge is 2.15. The van der Waals surface area contributed by atoms with Gasteiger partial charge in [-0.25, -0.2) is 9.89 Å². The van der Waals surface area contributed by atoms with Crippen LogP contribution in [0.1, 0.15) is 55.1 Å². The van der Waals surface area contributed by atoms with Crippen LogP contribution in [0.3, 0.4) is 0 Å². The predicted molar refractivity (Wildman–Crippen MR) is 98.0 cm³/mol. The van der Waals surface area contributed by atoms with E-state index in [0.717, 1.165) is 36.8 Å². The Morgan fingerprint density at radius 1 is 1.25 bits per heavy atom. The minimum atomic E-state index is -0.208. The normalized spacial score (nSPS) is 11.0. The molecule has 130 valence electrons. The van der Waals surface area contributed by atoms with E-state index in [0.29, 0.717) is 11.7 Å². The Hall–Kier alpha value is -1.82. The molecule has 0 saturated carbocycles. The number of carbonyl (C=O) groups is 1. The molecule has 0 atom stereocenters. The second-order valence-electron chi connectivity index (χ2n) is 5.73. The van der Waals surface area contributed by atoms with Crippen LogP contribution in [0.25, 0.3) is 0 Å². The lowest BCUT2D eigenvalue weighted by molar-refractivity contribution is 0.102. The molecule has 0 amide bonds. The van der Waals surface area contributed by atoms with Crippen LogP contribution in [-0.2, 0) is 19.4 Å². The van der Waals surface area contributed by atoms with Gasteiger partial charge in [0.15, 0.2) is 10.9 Å². The van der Waals surface area contributed by atoms with Crippen molar-refractivity contribution in [3.8, 4) is 0 Å². The van der Waals surface area contributed by atoms with E-state index in [9.17, 15) is 9.59 Å². The number of benzene rings is 1. The third-order valence-electron chi connectivity index (χ3n) is 4.05. The zero-order valence-electron chi connectivity index (χ0n) is 14.6. The fourth-order valence-electron chi connectivity index (χ4n) is 2.55. The van der Waals surface area contributed by atoms with Crippen molar-refractivity contribution in [2.45, 2.75) is 58.2 Å². The van der Waals surface area contributed by atoms with Gasteiger partial charge in [0.25, 0.3) is 0 Å². The Bertz CT molecular complexity index is 749. The maximum absolute atomic E-state index is 12.7. The van der Waals surface area contributed by atoms with E-state index in [-0.39, 0.29) is 17.2 Å². The van der Waals surface area contributed by atoms with Crippen LogP contribution in [-0.4, -0.2) is 26.3 Å². The van der Waals surface area contributed by atoms with Gasteiger partial charge in [0, 0.05) is 12.1 Å². The smallest absolute Gasteiger partial charge is 0.293 e. The number of aromatic amines is 1. The summed E-state index contributed by atoms with van der Waals surface area (Å²) in [7, 11) is 0. The highest BCUT2D eigenvalue weighted by Crippen LogP contribution is 2.20. The van der Waals surface area contributed by atoms with Crippen LogP contribution in [0.5, 0.6) is 0 Å². The number of nitrogens with one attached hydrogen (secondary N) is 1. The fourth-order valence-corrected chi connectivity index (χ4v) is 3.40. The molecule has 0 saturated heterocycles. The molecule has 0 radical (unpaired) electrons. The zero-order chi connectivity index (χ0) is 17.5. The SMILES string of the molecule is CCCCn1c(SCC(=O)c2cc(CC)ccc2CC)n[nH]c1=O. The number of rotatable bonds is 9. The first-order chi connectivity index (χ1) is 11.6. The molecule has 0 fully saturated rings. The molecule has 0 aliphatic heterocycles. The molecule has 6 heteroatoms. The molecule has 2 aromatic rings. The number of aromatic nitrogens is 3. The van der Waals surface area contributed by atoms with Crippen molar-refractivity contribution in [2.24, 2.45) is 0 Å². The molecule has 24 heavy (non-hydrogen) atoms. The molecule has 1 aromatic carbocycles. The standard InChI is InChI=1S/C18H25N3O2S/c1-4-7-10-21-17(23)19-20-18(21)24-12-16(22)15-11-13(5-2)8-9-14(15)6-3/h8-9,11H,4-7,10,12H2,1-3H3,(H,19,23). The number of H-pyrrole nitrogens is 1. The summed E-state index contributed by atoms with van der Waals surface area (Å²) in [5, 5.41) is 7.11. The van der Waals surface area contributed by atoms with E-state index < -0.39 is 0 Å². The first-order valence-electron chi connectivity index (χ1n) is 8.53. The summed E-state index contributed by atoms with van der Waals surface area (Å²) in [5.41, 5.74) is 2.83. The predicted octanol–water partition coefficient (Wildman–Crippen LogP) is 3.47. The zero-order valence-corrected chi connectivity index (χ0v) is 15.4. The molecular weight excluding hydrogens is 322 g/mol. The highest BCUT2D eigenvalue weighted by molar-refractivity contribution is 7.99. The minimum absolute atomic E-state index is 0.0876. The van der Waals surface area contributed by atoms with Crippen LogP contribution in [0.4, 0.5) is 0 Å². The first-order valence-corrected chi connectivity index (χ1v) is 9.52. The largest absolute Gasteiger partial charge is 0.343 e. The van der Waals surface area contributed by atoms with Crippen molar-refractivity contribution < 1.29 is 4.79 Å². The van der Waals surface area contributed by atoms with Crippen molar-refractivity contribution in [2.75, 3.05) is 5.75 Å². The summed E-state index contributed by atoms with van der Waals surface area (Å²) in [4.78, 5) is 24.4. The molecule has 5 nitrogen and oxygen atoms in total. The number of unbranched alkanes of at least 4 members (excludes halogenated alkanes) is 1. The van der Waals surface area contributed by atoms with Gasteiger partial charge >= 0.3 is 5.69 Å². The molecular formula is C18H25N3O2S. The number of thioether (sulfide) groups is 1. The number of hydrogen-bond acceptors (Lipinski definition) is 4. The van der Waals surface area contributed by atoms with E-state index in [2.05, 4.69) is 37.0 Å². The number of nitrogens with zero attached hydrogens (tertiary/aromatic N) is 2. The maximum atomic E-state index is 12.7. The second-order valence-corrected chi connectivity index (χ2v) is 6.67. The molecule has 1 aromatic heterocycles. The molecule has 0 aliphatic rings. The molecule has 0 aliphatic carbocycles. The molecule has 0 spiro atoms. The van der Waals surface area contributed by atoms with Gasteiger partial charge in [-0.3, -0.25) is 9.36 Å². The van der Waals surface area contributed by atoms with E-state index in [1.807, 2.05) is 12.1 Å². The van der Waals surface area contributed by atoms with Crippen LogP contribution in [0.15, 0.2) is 28.2 Å². The van der Waals surface area contributed by atoms with Crippen molar-refractivity contribution in [3.63, 3.8) is 0 Å². The van der Waals surface area contributed by atoms with Gasteiger partial charge in [0.05, 0.1) is 5.75 Å². The van der Waals surface area contributed by atoms with Crippen LogP contribution < -0.4 is 5.69 Å². The summed E-state index contributed by atoms with van der Waals surface area (Å²) >= 11 is 1.32. The van der Waals surface area contributed by atoms with Gasteiger partial charge in [-0.15, -0.1) is 5.10 Å². The van der Waals surface area contributed by atoms with E-state index in [1.54, 1.807) is 4.57 Å². The van der Waals surface area contributed by atoms with Crippen molar-refractivity contribution in [1.29, 1.82) is 0 Å². The Balaban J connectivity index is 2.13. The summed E-state index contributed by atoms with van der Waals surface area (Å²) < 4.78 is 1.62.